The molecule has 1 heterocycles. The van der Waals surface area contributed by atoms with Gasteiger partial charge in [0.05, 0.1) is 17.9 Å². The minimum atomic E-state index is -3.85. The quantitative estimate of drug-likeness (QED) is 0.742. The average molecular weight is 373 g/mol. The number of benzene rings is 2. The molecule has 0 saturated carbocycles. The first-order valence-corrected chi connectivity index (χ1v) is 9.52. The van der Waals surface area contributed by atoms with E-state index in [1.54, 1.807) is 6.07 Å². The van der Waals surface area contributed by atoms with E-state index >= 15 is 0 Å². The molecule has 0 aliphatic carbocycles. The number of carbonyl (C=O) groups is 2. The molecular formula is C18H19N3O4S. The zero-order chi connectivity index (χ0) is 18.9. The molecule has 0 spiro atoms. The molecule has 1 aliphatic heterocycles. The number of amides is 2. The molecule has 0 radical (unpaired) electrons. The third kappa shape index (κ3) is 3.92. The summed E-state index contributed by atoms with van der Waals surface area (Å²) >= 11 is 0. The first-order valence-electron chi connectivity index (χ1n) is 8.04. The maximum absolute atomic E-state index is 12.4. The van der Waals surface area contributed by atoms with Gasteiger partial charge in [0.1, 0.15) is 0 Å². The van der Waals surface area contributed by atoms with Crippen molar-refractivity contribution in [2.45, 2.75) is 25.2 Å². The number of hydrogen-bond acceptors (Lipinski definition) is 4. The van der Waals surface area contributed by atoms with Crippen LogP contribution in [0.4, 0.5) is 11.4 Å². The van der Waals surface area contributed by atoms with Gasteiger partial charge in [-0.25, -0.2) is 13.1 Å². The summed E-state index contributed by atoms with van der Waals surface area (Å²) < 4.78 is 27.1. The first kappa shape index (κ1) is 18.1. The van der Waals surface area contributed by atoms with Crippen LogP contribution in [0.3, 0.4) is 0 Å². The molecule has 8 heteroatoms. The monoisotopic (exact) mass is 373 g/mol. The van der Waals surface area contributed by atoms with E-state index in [0.29, 0.717) is 16.9 Å². The summed E-state index contributed by atoms with van der Waals surface area (Å²) in [5.41, 5.74) is 3.77. The van der Waals surface area contributed by atoms with E-state index in [-0.39, 0.29) is 23.8 Å². The molecule has 1 aliphatic rings. The summed E-state index contributed by atoms with van der Waals surface area (Å²) in [5.74, 6) is -0.629. The molecular weight excluding hydrogens is 354 g/mol. The second-order valence-corrected chi connectivity index (χ2v) is 8.00. The normalized spacial score (nSPS) is 13.2. The Morgan fingerprint density at radius 3 is 2.69 bits per heavy atom. The lowest BCUT2D eigenvalue weighted by atomic mass is 10.1. The molecule has 7 nitrogen and oxygen atoms in total. The minimum Gasteiger partial charge on any atom is -0.326 e. The predicted octanol–water partition coefficient (Wildman–Crippen LogP) is 1.72. The van der Waals surface area contributed by atoms with E-state index in [1.165, 1.54) is 12.1 Å². The van der Waals surface area contributed by atoms with Crippen molar-refractivity contribution < 1.29 is 18.0 Å². The highest BCUT2D eigenvalue weighted by Crippen LogP contribution is 2.25. The smallest absolute Gasteiger partial charge is 0.241 e. The fourth-order valence-electron chi connectivity index (χ4n) is 2.68. The summed E-state index contributed by atoms with van der Waals surface area (Å²) in [7, 11) is -3.85. The topological polar surface area (TPSA) is 104 Å². The van der Waals surface area contributed by atoms with Crippen molar-refractivity contribution in [1.29, 1.82) is 0 Å². The third-order valence-corrected chi connectivity index (χ3v) is 5.50. The van der Waals surface area contributed by atoms with Gasteiger partial charge in [0.15, 0.2) is 0 Å². The lowest BCUT2D eigenvalue weighted by Crippen LogP contribution is -2.33. The summed E-state index contributed by atoms with van der Waals surface area (Å²) in [4.78, 5) is 23.5. The Hall–Kier alpha value is -2.71. The van der Waals surface area contributed by atoms with Crippen LogP contribution >= 0.6 is 0 Å². The van der Waals surface area contributed by atoms with Gasteiger partial charge in [0, 0.05) is 11.4 Å². The van der Waals surface area contributed by atoms with Gasteiger partial charge in [-0.2, -0.15) is 0 Å². The number of fused-ring (bicyclic) bond motifs is 1. The van der Waals surface area contributed by atoms with Crippen molar-refractivity contribution in [3.05, 3.63) is 53.1 Å². The Morgan fingerprint density at radius 1 is 1.15 bits per heavy atom. The Bertz CT molecular complexity index is 999. The van der Waals surface area contributed by atoms with Gasteiger partial charge in [-0.15, -0.1) is 0 Å². The van der Waals surface area contributed by atoms with E-state index in [9.17, 15) is 18.0 Å². The minimum absolute atomic E-state index is 0.0206. The van der Waals surface area contributed by atoms with Crippen LogP contribution in [-0.2, 0) is 26.0 Å². The van der Waals surface area contributed by atoms with Crippen LogP contribution in [0.1, 0.15) is 16.7 Å². The van der Waals surface area contributed by atoms with Crippen LogP contribution in [0.25, 0.3) is 0 Å². The lowest BCUT2D eigenvalue weighted by Gasteiger charge is -2.11. The maximum atomic E-state index is 12.4. The van der Waals surface area contributed by atoms with Gasteiger partial charge >= 0.3 is 0 Å². The van der Waals surface area contributed by atoms with E-state index < -0.39 is 15.9 Å². The number of nitrogens with one attached hydrogen (secondary N) is 3. The maximum Gasteiger partial charge on any atom is 0.241 e. The van der Waals surface area contributed by atoms with Crippen molar-refractivity contribution >= 4 is 33.2 Å². The van der Waals surface area contributed by atoms with Crippen LogP contribution < -0.4 is 15.4 Å². The van der Waals surface area contributed by atoms with E-state index in [1.807, 2.05) is 32.0 Å². The number of hydrogen-bond donors (Lipinski definition) is 3. The molecule has 0 unspecified atom stereocenters. The second-order valence-electron chi connectivity index (χ2n) is 6.24. The predicted molar refractivity (Wildman–Crippen MR) is 98.5 cm³/mol. The standard InChI is InChI=1S/C18H19N3O4S/c1-11-3-4-12(2)16(7-11)21-18(23)10-19-26(24,25)14-5-6-15-13(8-14)9-17(22)20-15/h3-8,19H,9-10H2,1-2H3,(H,20,22)(H,21,23). The molecule has 0 fully saturated rings. The summed E-state index contributed by atoms with van der Waals surface area (Å²) in [6, 6.07) is 10.0. The zero-order valence-electron chi connectivity index (χ0n) is 14.4. The van der Waals surface area contributed by atoms with Crippen LogP contribution in [0.5, 0.6) is 0 Å². The van der Waals surface area contributed by atoms with Gasteiger partial charge in [-0.05, 0) is 54.8 Å². The summed E-state index contributed by atoms with van der Waals surface area (Å²) in [6.45, 7) is 3.38. The molecule has 3 N–H and O–H groups in total. The fraction of sp³-hybridized carbons (Fsp3) is 0.222. The van der Waals surface area contributed by atoms with Crippen LogP contribution in [0.2, 0.25) is 0 Å². The van der Waals surface area contributed by atoms with Crippen molar-refractivity contribution in [2.75, 3.05) is 17.2 Å². The highest BCUT2D eigenvalue weighted by Gasteiger charge is 2.22. The van der Waals surface area contributed by atoms with Gasteiger partial charge in [0.2, 0.25) is 21.8 Å². The molecule has 2 aromatic carbocycles. The van der Waals surface area contributed by atoms with Gasteiger partial charge < -0.3 is 10.6 Å². The Kier molecular flexibility index (Phi) is 4.80. The summed E-state index contributed by atoms with van der Waals surface area (Å²) in [5, 5.41) is 5.35. The fourth-order valence-corrected chi connectivity index (χ4v) is 3.71. The number of aryl methyl sites for hydroxylation is 2. The first-order chi connectivity index (χ1) is 12.2. The molecule has 26 heavy (non-hydrogen) atoms. The van der Waals surface area contributed by atoms with Crippen LogP contribution in [0, 0.1) is 13.8 Å². The molecule has 0 saturated heterocycles. The number of carbonyl (C=O) groups excluding carboxylic acids is 2. The Labute approximate surface area is 151 Å². The molecule has 0 atom stereocenters. The largest absolute Gasteiger partial charge is 0.326 e. The average Bonchev–Trinajstić information content (AvgIpc) is 2.95. The zero-order valence-corrected chi connectivity index (χ0v) is 15.2. The molecule has 2 aromatic rings. The molecule has 2 amide bonds. The summed E-state index contributed by atoms with van der Waals surface area (Å²) in [6.07, 6.45) is 0.145. The highest BCUT2D eigenvalue weighted by atomic mass is 32.2. The third-order valence-electron chi connectivity index (χ3n) is 4.10. The van der Waals surface area contributed by atoms with Crippen molar-refractivity contribution in [3.8, 4) is 0 Å². The van der Waals surface area contributed by atoms with E-state index in [4.69, 9.17) is 0 Å². The van der Waals surface area contributed by atoms with Gasteiger partial charge in [-0.1, -0.05) is 12.1 Å². The van der Waals surface area contributed by atoms with Gasteiger partial charge in [0.25, 0.3) is 0 Å². The highest BCUT2D eigenvalue weighted by molar-refractivity contribution is 7.89. The molecule has 0 bridgehead atoms. The SMILES string of the molecule is Cc1ccc(C)c(NC(=O)CNS(=O)(=O)c2ccc3c(c2)CC(=O)N3)c1. The molecule has 0 aromatic heterocycles. The number of rotatable bonds is 5. The molecule has 136 valence electrons. The Balaban J connectivity index is 1.67. The van der Waals surface area contributed by atoms with Crippen molar-refractivity contribution in [3.63, 3.8) is 0 Å². The lowest BCUT2D eigenvalue weighted by molar-refractivity contribution is -0.115. The Morgan fingerprint density at radius 2 is 1.92 bits per heavy atom. The molecule has 3 rings (SSSR count). The van der Waals surface area contributed by atoms with Crippen molar-refractivity contribution in [1.82, 2.24) is 4.72 Å². The van der Waals surface area contributed by atoms with Crippen LogP contribution in [0.15, 0.2) is 41.3 Å². The number of anilines is 2. The van der Waals surface area contributed by atoms with Crippen LogP contribution in [-0.4, -0.2) is 26.8 Å². The van der Waals surface area contributed by atoms with Gasteiger partial charge in [-0.3, -0.25) is 9.59 Å². The second kappa shape index (κ2) is 6.89. The van der Waals surface area contributed by atoms with E-state index in [2.05, 4.69) is 15.4 Å². The number of sulfonamides is 1. The van der Waals surface area contributed by atoms with E-state index in [0.717, 1.165) is 11.1 Å². The van der Waals surface area contributed by atoms with Crippen molar-refractivity contribution in [2.24, 2.45) is 0 Å².